The van der Waals surface area contributed by atoms with E-state index in [9.17, 15) is 48.6 Å². The number of hydrogen-bond donors (Lipinski definition) is 15. The minimum absolute atomic E-state index is 0.00723. The van der Waals surface area contributed by atoms with Gasteiger partial charge < -0.3 is 81.4 Å². The van der Waals surface area contributed by atoms with E-state index < -0.39 is 125 Å². The van der Waals surface area contributed by atoms with Crippen molar-refractivity contribution in [2.45, 2.75) is 125 Å². The van der Waals surface area contributed by atoms with Gasteiger partial charge in [-0.25, -0.2) is 0 Å². The van der Waals surface area contributed by atoms with Crippen LogP contribution in [-0.4, -0.2) is 154 Å². The molecule has 84 heavy (non-hydrogen) atoms. The fourth-order valence-electron chi connectivity index (χ4n) is 9.02. The van der Waals surface area contributed by atoms with Crippen LogP contribution < -0.4 is 71.2 Å². The van der Waals surface area contributed by atoms with Gasteiger partial charge in [0.2, 0.25) is 53.2 Å². The van der Waals surface area contributed by atoms with E-state index >= 15 is 4.79 Å². The van der Waals surface area contributed by atoms with E-state index in [1.807, 2.05) is 36.4 Å². The highest BCUT2D eigenvalue weighted by Gasteiger charge is 2.42. The number of guanidine groups is 1. The van der Waals surface area contributed by atoms with Crippen molar-refractivity contribution in [2.24, 2.45) is 33.7 Å². The van der Waals surface area contributed by atoms with Crippen LogP contribution >= 0.6 is 21.6 Å². The van der Waals surface area contributed by atoms with Crippen LogP contribution in [-0.2, 0) is 56.0 Å². The Morgan fingerprint density at radius 3 is 2.07 bits per heavy atom. The SMILES string of the molecule is C[C@H](c1ccc2ccccc2c1)[C@H]1NC(=O)[C@@H](NC(=O)[C@@H](N)Cc2ccc(O)cc2)C(C)(C)SSC[C@@H](C(=O)N[C@@H](CCCCN)C(=O)N[C@@H](CCCN=C(N)N)C(N)=O)NC(=O)[C@H](Cc2ccccc2)NC(=O)[C@H](CO)NC(=O)CNC1=O. The Morgan fingerprint density at radius 2 is 1.40 bits per heavy atom. The minimum atomic E-state index is -1.67. The van der Waals surface area contributed by atoms with E-state index in [1.54, 1.807) is 69.3 Å². The Kier molecular flexibility index (Phi) is 26.1. The Morgan fingerprint density at radius 1 is 0.738 bits per heavy atom. The molecule has 0 aliphatic carbocycles. The molecule has 5 rings (SSSR count). The van der Waals surface area contributed by atoms with Crippen LogP contribution in [0.4, 0.5) is 0 Å². The number of nitrogens with two attached hydrogens (primary N) is 5. The maximum atomic E-state index is 15.1. The van der Waals surface area contributed by atoms with Crippen molar-refractivity contribution in [3.05, 3.63) is 114 Å². The van der Waals surface area contributed by atoms with Gasteiger partial charge in [0.1, 0.15) is 48.0 Å². The third-order valence-electron chi connectivity index (χ3n) is 13.9. The number of hydrogen-bond acceptors (Lipinski definition) is 16. The lowest BCUT2D eigenvalue weighted by molar-refractivity contribution is -0.135. The van der Waals surface area contributed by atoms with Crippen molar-refractivity contribution in [2.75, 3.05) is 32.0 Å². The predicted molar refractivity (Wildman–Crippen MR) is 322 cm³/mol. The third-order valence-corrected chi connectivity index (χ3v) is 17.2. The number of aliphatic hydroxyl groups excluding tert-OH is 1. The van der Waals surface area contributed by atoms with Gasteiger partial charge in [0.05, 0.1) is 19.2 Å². The number of carbonyl (C=O) groups is 9. The highest BCUT2D eigenvalue weighted by Crippen LogP contribution is 2.39. The summed E-state index contributed by atoms with van der Waals surface area (Å²) in [6.45, 7) is 3.62. The molecule has 1 fully saturated rings. The molecule has 1 aliphatic heterocycles. The zero-order valence-electron chi connectivity index (χ0n) is 47.1. The second-order valence-electron chi connectivity index (χ2n) is 20.9. The van der Waals surface area contributed by atoms with Crippen molar-refractivity contribution in [3.63, 3.8) is 0 Å². The first-order chi connectivity index (χ1) is 40.0. The number of benzene rings is 4. The first-order valence-corrected chi connectivity index (χ1v) is 29.7. The average Bonchev–Trinajstić information content (AvgIpc) is 3.58. The second-order valence-corrected chi connectivity index (χ2v) is 23.9. The molecular weight excluding hydrogens is 1120 g/mol. The predicted octanol–water partition coefficient (Wildman–Crippen LogP) is -1.19. The summed E-state index contributed by atoms with van der Waals surface area (Å²) in [5, 5.41) is 43.3. The van der Waals surface area contributed by atoms with Gasteiger partial charge >= 0.3 is 0 Å². The lowest BCUT2D eigenvalue weighted by atomic mass is 9.90. The summed E-state index contributed by atoms with van der Waals surface area (Å²) in [5.41, 5.74) is 30.6. The molecule has 27 heteroatoms. The van der Waals surface area contributed by atoms with Gasteiger partial charge in [0.25, 0.3) is 0 Å². The van der Waals surface area contributed by atoms with Crippen LogP contribution in [0.25, 0.3) is 10.8 Å². The molecule has 0 saturated carbocycles. The molecule has 4 aromatic rings. The first-order valence-electron chi connectivity index (χ1n) is 27.4. The maximum absolute atomic E-state index is 15.1. The number of unbranched alkanes of at least 4 members (excludes halogenated alkanes) is 1. The Hall–Kier alpha value is -7.98. The van der Waals surface area contributed by atoms with Gasteiger partial charge in [-0.15, -0.1) is 0 Å². The molecule has 0 aromatic heterocycles. The number of primary amides is 1. The van der Waals surface area contributed by atoms with E-state index in [1.165, 1.54) is 12.1 Å². The van der Waals surface area contributed by atoms with E-state index in [0.717, 1.165) is 32.4 Å². The summed E-state index contributed by atoms with van der Waals surface area (Å²) in [5.74, 6) is -9.11. The van der Waals surface area contributed by atoms with Crippen LogP contribution in [0.15, 0.2) is 102 Å². The first kappa shape index (κ1) is 66.8. The van der Waals surface area contributed by atoms with Gasteiger partial charge in [-0.1, -0.05) is 113 Å². The van der Waals surface area contributed by atoms with Crippen molar-refractivity contribution < 1.29 is 53.4 Å². The van der Waals surface area contributed by atoms with Crippen molar-refractivity contribution in [1.29, 1.82) is 0 Å². The Balaban J connectivity index is 1.57. The average molecular weight is 1200 g/mol. The van der Waals surface area contributed by atoms with E-state index in [4.69, 9.17) is 28.7 Å². The normalized spacial score (nSPS) is 20.6. The standard InChI is InChI=1S/C57H78N14O11S2/c1-32(36-21-20-35-14-7-8-15-37(35)28-36)46-54(81)64-29-45(74)65-43(30-72)52(79)68-42(27-33-12-5-4-6-13-33)51(78)69-44(53(80)67-41(16-9-10-24-58)50(77)66-40(48(60)75)17-11-25-63-56(61)62)31-83-84-57(2,3)47(55(82)70-46)71-49(76)39(59)26-34-18-22-38(73)23-19-34/h4-8,12-15,18-23,28,32,39-44,46-47,72-73H,9-11,16-17,24-27,29-31,58-59H2,1-3H3,(H2,60,75)(H,64,81)(H,65,74)(H,66,77)(H,67,80)(H,68,79)(H,69,78)(H,70,82)(H,71,76)(H4,61,62,63)/t32-,39+,40+,41+,42+,43+,44+,46-,47-/m1/s1. The number of phenolic OH excluding ortho intramolecular Hbond substituents is 1. The smallest absolute Gasteiger partial charge is 0.245 e. The summed E-state index contributed by atoms with van der Waals surface area (Å²) in [7, 11) is 2.02. The largest absolute Gasteiger partial charge is 0.508 e. The van der Waals surface area contributed by atoms with Crippen molar-refractivity contribution in [1.82, 2.24) is 42.5 Å². The molecule has 0 bridgehead atoms. The van der Waals surface area contributed by atoms with Gasteiger partial charge in [0, 0.05) is 29.4 Å². The number of aromatic hydroxyl groups is 1. The number of aliphatic hydroxyl groups is 1. The fourth-order valence-corrected chi connectivity index (χ4v) is 11.8. The molecule has 25 nitrogen and oxygen atoms in total. The zero-order chi connectivity index (χ0) is 61.5. The molecule has 1 saturated heterocycles. The molecule has 4 aromatic carbocycles. The lowest BCUT2D eigenvalue weighted by Crippen LogP contribution is -2.62. The molecule has 0 radical (unpaired) electrons. The van der Waals surface area contributed by atoms with Crippen molar-refractivity contribution in [3.8, 4) is 5.75 Å². The molecular formula is C57H78N14O11S2. The summed E-state index contributed by atoms with van der Waals surface area (Å²) in [4.78, 5) is 131. The van der Waals surface area contributed by atoms with E-state index in [0.29, 0.717) is 29.5 Å². The van der Waals surface area contributed by atoms with Crippen LogP contribution in [0.1, 0.15) is 75.5 Å². The Bertz CT molecular complexity index is 2950. The number of aliphatic imine (C=N–C) groups is 1. The number of nitrogens with zero attached hydrogens (tertiary/aromatic N) is 1. The van der Waals surface area contributed by atoms with Gasteiger partial charge in [-0.05, 0) is 98.5 Å². The highest BCUT2D eigenvalue weighted by atomic mass is 33.1. The molecule has 0 unspecified atom stereocenters. The number of nitrogens with one attached hydrogen (secondary N) is 8. The second kappa shape index (κ2) is 32.8. The van der Waals surface area contributed by atoms with Gasteiger partial charge in [-0.3, -0.25) is 48.1 Å². The third kappa shape index (κ3) is 20.7. The van der Waals surface area contributed by atoms with Gasteiger partial charge in [0.15, 0.2) is 5.96 Å². The molecule has 9 amide bonds. The molecule has 1 aliphatic rings. The zero-order valence-corrected chi connectivity index (χ0v) is 48.8. The summed E-state index contributed by atoms with van der Waals surface area (Å²) in [6, 6.07) is 16.2. The van der Waals surface area contributed by atoms with E-state index in [2.05, 4.69) is 47.5 Å². The van der Waals surface area contributed by atoms with Crippen LogP contribution in [0.3, 0.4) is 0 Å². The monoisotopic (exact) mass is 1200 g/mol. The minimum Gasteiger partial charge on any atom is -0.508 e. The number of fused-ring (bicyclic) bond motifs is 1. The summed E-state index contributed by atoms with van der Waals surface area (Å²) in [6.07, 6.45) is 0.919. The molecule has 9 atom stereocenters. The molecule has 0 spiro atoms. The number of carbonyl (C=O) groups excluding carboxylic acids is 9. The number of amides is 9. The number of rotatable bonds is 22. The lowest BCUT2D eigenvalue weighted by Gasteiger charge is -2.35. The maximum Gasteiger partial charge on any atom is 0.245 e. The fraction of sp³-hybridized carbons (Fsp3) is 0.439. The molecule has 1 heterocycles. The van der Waals surface area contributed by atoms with Crippen molar-refractivity contribution >= 4 is 91.5 Å². The topological polar surface area (TPSA) is 433 Å². The number of phenols is 1. The van der Waals surface area contributed by atoms with Crippen LogP contribution in [0.2, 0.25) is 0 Å². The van der Waals surface area contributed by atoms with Gasteiger partial charge in [-0.2, -0.15) is 0 Å². The summed E-state index contributed by atoms with van der Waals surface area (Å²) < 4.78 is -1.37. The van der Waals surface area contributed by atoms with Crippen LogP contribution in [0.5, 0.6) is 5.75 Å². The molecule has 454 valence electrons. The summed E-state index contributed by atoms with van der Waals surface area (Å²) >= 11 is 0. The quantitative estimate of drug-likeness (QED) is 0.0190. The van der Waals surface area contributed by atoms with Crippen LogP contribution in [0, 0.1) is 0 Å². The molecule has 20 N–H and O–H groups in total. The highest BCUT2D eigenvalue weighted by molar-refractivity contribution is 8.77. The van der Waals surface area contributed by atoms with E-state index in [-0.39, 0.29) is 62.7 Å². The Labute approximate surface area is 495 Å².